The summed E-state index contributed by atoms with van der Waals surface area (Å²) in [5.74, 6) is -0.139. The smallest absolute Gasteiger partial charge is 0.161 e. The number of ketones is 1. The van der Waals surface area contributed by atoms with Gasteiger partial charge < -0.3 is 5.73 Å². The van der Waals surface area contributed by atoms with Gasteiger partial charge in [0.2, 0.25) is 0 Å². The molecule has 0 atom stereocenters. The maximum absolute atomic E-state index is 11.1. The van der Waals surface area contributed by atoms with Crippen LogP contribution >= 0.6 is 22.6 Å². The van der Waals surface area contributed by atoms with Gasteiger partial charge in [-0.1, -0.05) is 0 Å². The zero-order valence-corrected chi connectivity index (χ0v) is 9.12. The maximum atomic E-state index is 11.1. The zero-order valence-electron chi connectivity index (χ0n) is 6.97. The van der Waals surface area contributed by atoms with Crippen LogP contribution in [0.3, 0.4) is 0 Å². The summed E-state index contributed by atoms with van der Waals surface area (Å²) < 4.78 is 0.791. The first-order valence-electron chi connectivity index (χ1n) is 3.56. The highest BCUT2D eigenvalue weighted by molar-refractivity contribution is 14.1. The van der Waals surface area contributed by atoms with Crippen LogP contribution in [0.1, 0.15) is 22.8 Å². The summed E-state index contributed by atoms with van der Waals surface area (Å²) in [4.78, 5) is 11.1. The molecule has 1 rings (SSSR count). The van der Waals surface area contributed by atoms with Crippen molar-refractivity contribution < 1.29 is 4.79 Å². The van der Waals surface area contributed by atoms with Crippen LogP contribution in [0.4, 0.5) is 5.69 Å². The molecule has 13 heavy (non-hydrogen) atoms. The molecule has 0 saturated carbocycles. The molecule has 2 N–H and O–H groups in total. The van der Waals surface area contributed by atoms with Crippen molar-refractivity contribution in [2.24, 2.45) is 0 Å². The molecule has 0 aliphatic carbocycles. The molecule has 0 radical (unpaired) electrons. The van der Waals surface area contributed by atoms with Crippen molar-refractivity contribution in [3.8, 4) is 6.07 Å². The van der Waals surface area contributed by atoms with Crippen LogP contribution < -0.4 is 5.73 Å². The van der Waals surface area contributed by atoms with E-state index in [2.05, 4.69) is 0 Å². The molecule has 0 spiro atoms. The highest BCUT2D eigenvalue weighted by Crippen LogP contribution is 2.20. The number of nitrogens with zero attached hydrogens (tertiary/aromatic N) is 1. The average Bonchev–Trinajstić information content (AvgIpc) is 2.08. The number of nitrogens with two attached hydrogens (primary N) is 1. The maximum Gasteiger partial charge on any atom is 0.161 e. The third kappa shape index (κ3) is 1.98. The van der Waals surface area contributed by atoms with Gasteiger partial charge >= 0.3 is 0 Å². The number of benzene rings is 1. The van der Waals surface area contributed by atoms with Crippen LogP contribution in [0.5, 0.6) is 0 Å². The normalized spacial score (nSPS) is 9.31. The first-order valence-corrected chi connectivity index (χ1v) is 4.64. The Kier molecular flexibility index (Phi) is 2.88. The highest BCUT2D eigenvalue weighted by Gasteiger charge is 2.09. The Morgan fingerprint density at radius 2 is 2.23 bits per heavy atom. The fourth-order valence-corrected chi connectivity index (χ4v) is 1.44. The van der Waals surface area contributed by atoms with Gasteiger partial charge in [0.05, 0.1) is 11.6 Å². The van der Waals surface area contributed by atoms with Gasteiger partial charge in [0.1, 0.15) is 0 Å². The minimum absolute atomic E-state index is 0.139. The van der Waals surface area contributed by atoms with Crippen molar-refractivity contribution in [3.63, 3.8) is 0 Å². The number of carbonyl (C=O) groups is 1. The van der Waals surface area contributed by atoms with E-state index < -0.39 is 0 Å². The number of hydrogen-bond acceptors (Lipinski definition) is 3. The third-order valence-electron chi connectivity index (χ3n) is 1.64. The Hall–Kier alpha value is -1.09. The Morgan fingerprint density at radius 3 is 2.69 bits per heavy atom. The lowest BCUT2D eigenvalue weighted by atomic mass is 10.0. The van der Waals surface area contributed by atoms with Gasteiger partial charge in [0.25, 0.3) is 0 Å². The van der Waals surface area contributed by atoms with Crippen molar-refractivity contribution in [1.29, 1.82) is 5.26 Å². The second-order valence-electron chi connectivity index (χ2n) is 2.59. The van der Waals surface area contributed by atoms with E-state index in [9.17, 15) is 4.79 Å². The molecule has 66 valence electrons. The Morgan fingerprint density at radius 1 is 1.62 bits per heavy atom. The predicted molar refractivity (Wildman–Crippen MR) is 58.3 cm³/mol. The Labute approximate surface area is 89.7 Å². The molecule has 4 heteroatoms. The van der Waals surface area contributed by atoms with Gasteiger partial charge in [-0.2, -0.15) is 5.26 Å². The van der Waals surface area contributed by atoms with Crippen molar-refractivity contribution >= 4 is 34.1 Å². The molecule has 0 fully saturated rings. The van der Waals surface area contributed by atoms with E-state index in [0.29, 0.717) is 16.8 Å². The summed E-state index contributed by atoms with van der Waals surface area (Å²) in [6, 6.07) is 5.13. The Balaban J connectivity index is 3.44. The summed E-state index contributed by atoms with van der Waals surface area (Å²) >= 11 is 2.03. The number of hydrogen-bond donors (Lipinski definition) is 1. The van der Waals surface area contributed by atoms with E-state index in [-0.39, 0.29) is 5.78 Å². The fraction of sp³-hybridized carbons (Fsp3) is 0.111. The standard InChI is InChI=1S/C9H7IN2O/c1-5(13)7-3-9(12)8(10)2-6(7)4-11/h2-3H,12H2,1H3. The first-order chi connectivity index (χ1) is 6.06. The summed E-state index contributed by atoms with van der Waals surface area (Å²) in [5, 5.41) is 8.74. The molecule has 0 aliphatic heterocycles. The molecular weight excluding hydrogens is 279 g/mol. The number of nitriles is 1. The van der Waals surface area contributed by atoms with Crippen molar-refractivity contribution in [2.45, 2.75) is 6.92 Å². The first kappa shape index (κ1) is 9.99. The van der Waals surface area contributed by atoms with E-state index in [0.717, 1.165) is 3.57 Å². The molecule has 0 bridgehead atoms. The number of rotatable bonds is 1. The number of nitrogen functional groups attached to an aromatic ring is 1. The molecule has 1 aromatic carbocycles. The lowest BCUT2D eigenvalue weighted by molar-refractivity contribution is 0.101. The van der Waals surface area contributed by atoms with E-state index in [4.69, 9.17) is 11.0 Å². The van der Waals surface area contributed by atoms with Crippen LogP contribution in [0.15, 0.2) is 12.1 Å². The van der Waals surface area contributed by atoms with Gasteiger partial charge in [-0.25, -0.2) is 0 Å². The minimum atomic E-state index is -0.139. The molecule has 0 heterocycles. The van der Waals surface area contributed by atoms with Crippen molar-refractivity contribution in [3.05, 3.63) is 26.8 Å². The molecule has 0 aromatic heterocycles. The van der Waals surface area contributed by atoms with Gasteiger partial charge in [-0.15, -0.1) is 0 Å². The predicted octanol–water partition coefficient (Wildman–Crippen LogP) is 1.95. The molecule has 0 saturated heterocycles. The van der Waals surface area contributed by atoms with Crippen LogP contribution in [0.25, 0.3) is 0 Å². The van der Waals surface area contributed by atoms with E-state index in [1.807, 2.05) is 28.7 Å². The summed E-state index contributed by atoms with van der Waals surface area (Å²) in [5.41, 5.74) is 6.92. The van der Waals surface area contributed by atoms with Crippen LogP contribution in [0.2, 0.25) is 0 Å². The largest absolute Gasteiger partial charge is 0.398 e. The average molecular weight is 286 g/mol. The highest BCUT2D eigenvalue weighted by atomic mass is 127. The fourth-order valence-electron chi connectivity index (χ4n) is 0.974. The minimum Gasteiger partial charge on any atom is -0.398 e. The van der Waals surface area contributed by atoms with Crippen LogP contribution in [-0.4, -0.2) is 5.78 Å². The van der Waals surface area contributed by atoms with Crippen LogP contribution in [0, 0.1) is 14.9 Å². The monoisotopic (exact) mass is 286 g/mol. The SMILES string of the molecule is CC(=O)c1cc(N)c(I)cc1C#N. The van der Waals surface area contributed by atoms with Gasteiger partial charge in [-0.3, -0.25) is 4.79 Å². The van der Waals surface area contributed by atoms with E-state index >= 15 is 0 Å². The van der Waals surface area contributed by atoms with Gasteiger partial charge in [0, 0.05) is 14.8 Å². The third-order valence-corrected chi connectivity index (χ3v) is 2.57. The Bertz CT molecular complexity index is 407. The quantitative estimate of drug-likeness (QED) is 0.487. The summed E-state index contributed by atoms with van der Waals surface area (Å²) in [7, 11) is 0. The lowest BCUT2D eigenvalue weighted by Crippen LogP contribution is -2.00. The molecular formula is C9H7IN2O. The number of halogens is 1. The zero-order chi connectivity index (χ0) is 10.0. The lowest BCUT2D eigenvalue weighted by Gasteiger charge is -2.03. The van der Waals surface area contributed by atoms with Crippen molar-refractivity contribution in [2.75, 3.05) is 5.73 Å². The van der Waals surface area contributed by atoms with Crippen molar-refractivity contribution in [1.82, 2.24) is 0 Å². The molecule has 1 aromatic rings. The van der Waals surface area contributed by atoms with Crippen LogP contribution in [-0.2, 0) is 0 Å². The molecule has 3 nitrogen and oxygen atoms in total. The summed E-state index contributed by atoms with van der Waals surface area (Å²) in [6.45, 7) is 1.42. The topological polar surface area (TPSA) is 66.9 Å². The van der Waals surface area contributed by atoms with E-state index in [1.54, 1.807) is 12.1 Å². The molecule has 0 unspecified atom stereocenters. The number of anilines is 1. The van der Waals surface area contributed by atoms with E-state index in [1.165, 1.54) is 6.92 Å². The number of Topliss-reactive ketones (excluding diaryl/α,β-unsaturated/α-hetero) is 1. The molecule has 0 amide bonds. The van der Waals surface area contributed by atoms with Gasteiger partial charge in [0.15, 0.2) is 5.78 Å². The molecule has 0 aliphatic rings. The second kappa shape index (κ2) is 3.75. The second-order valence-corrected chi connectivity index (χ2v) is 3.75. The number of carbonyl (C=O) groups excluding carboxylic acids is 1. The van der Waals surface area contributed by atoms with Gasteiger partial charge in [-0.05, 0) is 41.6 Å². The summed E-state index contributed by atoms with van der Waals surface area (Å²) in [6.07, 6.45) is 0.